The predicted molar refractivity (Wildman–Crippen MR) is 140 cm³/mol. The van der Waals surface area contributed by atoms with Crippen LogP contribution in [0.2, 0.25) is 0 Å². The number of hydrogen-bond donors (Lipinski definition) is 1. The molecule has 6 rings (SSSR count). The van der Waals surface area contributed by atoms with Crippen LogP contribution in [0.1, 0.15) is 17.2 Å². The van der Waals surface area contributed by atoms with Gasteiger partial charge in [0.05, 0.1) is 11.6 Å². The number of hydrogen-bond acceptors (Lipinski definition) is 8. The first-order valence-electron chi connectivity index (χ1n) is 12.3. The molecular formula is C29H26N2O7. The minimum absolute atomic E-state index is 0.0147. The number of benzene rings is 3. The van der Waals surface area contributed by atoms with Crippen LogP contribution in [0.5, 0.6) is 23.0 Å². The molecule has 1 unspecified atom stereocenters. The molecule has 194 valence electrons. The fraction of sp³-hybridized carbons (Fsp3) is 0.241. The van der Waals surface area contributed by atoms with E-state index in [1.165, 1.54) is 4.90 Å². The average molecular weight is 515 g/mol. The second-order valence-corrected chi connectivity index (χ2v) is 9.34. The molecular weight excluding hydrogens is 488 g/mol. The van der Waals surface area contributed by atoms with Gasteiger partial charge in [-0.1, -0.05) is 12.1 Å². The Morgan fingerprint density at radius 2 is 1.37 bits per heavy atom. The van der Waals surface area contributed by atoms with Gasteiger partial charge in [-0.15, -0.1) is 0 Å². The van der Waals surface area contributed by atoms with Crippen molar-refractivity contribution in [2.24, 2.45) is 0 Å². The van der Waals surface area contributed by atoms with Gasteiger partial charge in [-0.2, -0.15) is 0 Å². The quantitative estimate of drug-likeness (QED) is 0.318. The van der Waals surface area contributed by atoms with Gasteiger partial charge in [0.25, 0.3) is 11.7 Å². The normalized spacial score (nSPS) is 19.4. The van der Waals surface area contributed by atoms with E-state index in [0.717, 1.165) is 5.69 Å². The van der Waals surface area contributed by atoms with Crippen LogP contribution in [-0.4, -0.2) is 57.3 Å². The maximum atomic E-state index is 13.5. The van der Waals surface area contributed by atoms with E-state index in [0.29, 0.717) is 66.2 Å². The molecule has 1 fully saturated rings. The Morgan fingerprint density at radius 3 is 2.00 bits per heavy atom. The van der Waals surface area contributed by atoms with E-state index in [2.05, 4.69) is 0 Å². The number of ketones is 1. The van der Waals surface area contributed by atoms with Crippen molar-refractivity contribution < 1.29 is 33.6 Å². The summed E-state index contributed by atoms with van der Waals surface area (Å²) in [6.45, 7) is 1.63. The molecule has 0 spiro atoms. The van der Waals surface area contributed by atoms with Crippen molar-refractivity contribution >= 4 is 28.8 Å². The van der Waals surface area contributed by atoms with Crippen molar-refractivity contribution in [1.29, 1.82) is 0 Å². The number of aliphatic hydroxyl groups is 1. The first-order valence-corrected chi connectivity index (χ1v) is 12.3. The van der Waals surface area contributed by atoms with Crippen LogP contribution in [0.15, 0.2) is 66.2 Å². The lowest BCUT2D eigenvalue weighted by Crippen LogP contribution is -2.29. The SMILES string of the molecule is CN(C)c1ccc(C2/C(=C(\O)c3ccc4c(c3)OCCO4)C(=O)C(=O)N2c2ccc3c(c2)OCCO3)cc1. The van der Waals surface area contributed by atoms with Crippen molar-refractivity contribution in [3.63, 3.8) is 0 Å². The molecule has 0 saturated carbocycles. The topological polar surface area (TPSA) is 97.8 Å². The molecule has 3 aliphatic rings. The molecule has 1 N–H and O–H groups in total. The highest BCUT2D eigenvalue weighted by molar-refractivity contribution is 6.51. The molecule has 1 amide bonds. The van der Waals surface area contributed by atoms with Gasteiger partial charge >= 0.3 is 0 Å². The maximum Gasteiger partial charge on any atom is 0.300 e. The minimum Gasteiger partial charge on any atom is -0.507 e. The molecule has 3 aromatic carbocycles. The molecule has 9 nitrogen and oxygen atoms in total. The van der Waals surface area contributed by atoms with E-state index in [9.17, 15) is 14.7 Å². The van der Waals surface area contributed by atoms with Gasteiger partial charge in [-0.25, -0.2) is 0 Å². The Bertz CT molecular complexity index is 1460. The molecule has 3 heterocycles. The molecule has 1 saturated heterocycles. The van der Waals surface area contributed by atoms with Gasteiger partial charge in [0.15, 0.2) is 23.0 Å². The number of aliphatic hydroxyl groups excluding tert-OH is 1. The molecule has 0 aliphatic carbocycles. The molecule has 3 aliphatic heterocycles. The van der Waals surface area contributed by atoms with Crippen LogP contribution in [-0.2, 0) is 9.59 Å². The highest BCUT2D eigenvalue weighted by atomic mass is 16.6. The highest BCUT2D eigenvalue weighted by Gasteiger charge is 2.47. The Labute approximate surface area is 219 Å². The molecule has 0 aromatic heterocycles. The number of rotatable bonds is 4. The fourth-order valence-electron chi connectivity index (χ4n) is 4.90. The number of carbonyl (C=O) groups is 2. The molecule has 3 aromatic rings. The number of nitrogens with zero attached hydrogens (tertiary/aromatic N) is 2. The highest BCUT2D eigenvalue weighted by Crippen LogP contribution is 2.45. The Balaban J connectivity index is 1.50. The third-order valence-corrected chi connectivity index (χ3v) is 6.79. The number of anilines is 2. The van der Waals surface area contributed by atoms with Crippen molar-refractivity contribution in [2.75, 3.05) is 50.3 Å². The van der Waals surface area contributed by atoms with Gasteiger partial charge in [-0.05, 0) is 48.0 Å². The summed E-state index contributed by atoms with van der Waals surface area (Å²) in [5, 5.41) is 11.5. The average Bonchev–Trinajstić information content (AvgIpc) is 3.22. The summed E-state index contributed by atoms with van der Waals surface area (Å²) in [6.07, 6.45) is 0. The van der Waals surface area contributed by atoms with Crippen molar-refractivity contribution in [3.05, 3.63) is 77.4 Å². The molecule has 0 radical (unpaired) electrons. The van der Waals surface area contributed by atoms with E-state index in [1.54, 1.807) is 36.4 Å². The lowest BCUT2D eigenvalue weighted by molar-refractivity contribution is -0.132. The van der Waals surface area contributed by atoms with E-state index < -0.39 is 17.7 Å². The van der Waals surface area contributed by atoms with Gasteiger partial charge in [-0.3, -0.25) is 14.5 Å². The van der Waals surface area contributed by atoms with Gasteiger partial charge in [0.2, 0.25) is 0 Å². The van der Waals surface area contributed by atoms with Crippen LogP contribution in [0.4, 0.5) is 11.4 Å². The zero-order valence-corrected chi connectivity index (χ0v) is 21.0. The van der Waals surface area contributed by atoms with E-state index in [4.69, 9.17) is 18.9 Å². The zero-order valence-electron chi connectivity index (χ0n) is 21.0. The Morgan fingerprint density at radius 1 is 0.789 bits per heavy atom. The number of carbonyl (C=O) groups excluding carboxylic acids is 2. The standard InChI is InChI=1S/C29H26N2O7/c1-30(2)19-6-3-17(4-7-19)26-25(27(32)18-5-9-21-23(15-18)37-13-11-35-21)28(33)29(34)31(26)20-8-10-22-24(16-20)38-14-12-36-22/h3-10,15-16,26,32H,11-14H2,1-2H3/b27-25+. The summed E-state index contributed by atoms with van der Waals surface area (Å²) < 4.78 is 22.6. The summed E-state index contributed by atoms with van der Waals surface area (Å²) in [5.41, 5.74) is 2.42. The molecule has 38 heavy (non-hydrogen) atoms. The van der Waals surface area contributed by atoms with Gasteiger partial charge < -0.3 is 29.0 Å². The van der Waals surface area contributed by atoms with E-state index >= 15 is 0 Å². The van der Waals surface area contributed by atoms with Crippen LogP contribution in [0, 0.1) is 0 Å². The molecule has 0 bridgehead atoms. The number of fused-ring (bicyclic) bond motifs is 2. The predicted octanol–water partition coefficient (Wildman–Crippen LogP) is 3.92. The van der Waals surface area contributed by atoms with E-state index in [-0.39, 0.29) is 11.3 Å². The van der Waals surface area contributed by atoms with Crippen molar-refractivity contribution in [1.82, 2.24) is 0 Å². The summed E-state index contributed by atoms with van der Waals surface area (Å²) in [4.78, 5) is 30.4. The molecule has 1 atom stereocenters. The largest absolute Gasteiger partial charge is 0.507 e. The van der Waals surface area contributed by atoms with Crippen LogP contribution in [0.3, 0.4) is 0 Å². The third kappa shape index (κ3) is 3.96. The fourth-order valence-corrected chi connectivity index (χ4v) is 4.90. The van der Waals surface area contributed by atoms with Crippen LogP contribution < -0.4 is 28.7 Å². The van der Waals surface area contributed by atoms with Crippen molar-refractivity contribution in [3.8, 4) is 23.0 Å². The second kappa shape index (κ2) is 9.33. The lowest BCUT2D eigenvalue weighted by Gasteiger charge is -2.27. The minimum atomic E-state index is -0.873. The summed E-state index contributed by atoms with van der Waals surface area (Å²) in [7, 11) is 3.86. The summed E-state index contributed by atoms with van der Waals surface area (Å²) in [6, 6.07) is 16.7. The molecule has 9 heteroatoms. The maximum absolute atomic E-state index is 13.5. The van der Waals surface area contributed by atoms with Gasteiger partial charge in [0.1, 0.15) is 32.2 Å². The summed E-state index contributed by atoms with van der Waals surface area (Å²) in [5.74, 6) is 0.260. The lowest BCUT2D eigenvalue weighted by atomic mass is 9.94. The summed E-state index contributed by atoms with van der Waals surface area (Å²) >= 11 is 0. The Kier molecular flexibility index (Phi) is 5.83. The van der Waals surface area contributed by atoms with E-state index in [1.807, 2.05) is 43.3 Å². The Hall–Kier alpha value is -4.66. The number of amides is 1. The van der Waals surface area contributed by atoms with Crippen LogP contribution >= 0.6 is 0 Å². The smallest absolute Gasteiger partial charge is 0.300 e. The van der Waals surface area contributed by atoms with Crippen molar-refractivity contribution in [2.45, 2.75) is 6.04 Å². The van der Waals surface area contributed by atoms with Crippen LogP contribution in [0.25, 0.3) is 5.76 Å². The second-order valence-electron chi connectivity index (χ2n) is 9.34. The monoisotopic (exact) mass is 514 g/mol. The number of ether oxygens (including phenoxy) is 4. The third-order valence-electron chi connectivity index (χ3n) is 6.79. The number of Topliss-reactive ketones (excluding diaryl/α,β-unsaturated/α-hetero) is 1. The zero-order chi connectivity index (χ0) is 26.4. The first kappa shape index (κ1) is 23.7. The van der Waals surface area contributed by atoms with Gasteiger partial charge in [0, 0.05) is 37.1 Å². The first-order chi connectivity index (χ1) is 18.4.